The molecule has 2 aliphatic rings. The van der Waals surface area contributed by atoms with Crippen LogP contribution < -0.4 is 10.1 Å². The molecule has 3 heterocycles. The summed E-state index contributed by atoms with van der Waals surface area (Å²) in [6.45, 7) is 12.8. The Kier molecular flexibility index (Phi) is 11.3. The van der Waals surface area contributed by atoms with Crippen LogP contribution in [0.5, 0.6) is 5.75 Å². The van der Waals surface area contributed by atoms with Crippen molar-refractivity contribution in [3.05, 3.63) is 88.7 Å². The van der Waals surface area contributed by atoms with E-state index in [4.69, 9.17) is 9.15 Å². The number of hydrogen-bond acceptors (Lipinski definition) is 8. The maximum absolute atomic E-state index is 13.5. The molecule has 5 aromatic rings. The Morgan fingerprint density at radius 2 is 1.30 bits per heavy atom. The van der Waals surface area contributed by atoms with Gasteiger partial charge in [-0.2, -0.15) is 0 Å². The van der Waals surface area contributed by atoms with Crippen LogP contribution in [0.15, 0.2) is 65.3 Å². The van der Waals surface area contributed by atoms with Gasteiger partial charge in [-0.05, 0) is 69.4 Å². The molecule has 4 amide bonds. The average molecular weight is 679 g/mol. The van der Waals surface area contributed by atoms with Crippen LogP contribution in [-0.4, -0.2) is 91.8 Å². The van der Waals surface area contributed by atoms with Gasteiger partial charge < -0.3 is 19.4 Å². The molecule has 10 heteroatoms. The van der Waals surface area contributed by atoms with Crippen LogP contribution in [0, 0.1) is 6.92 Å². The molecule has 0 unspecified atom stereocenters. The van der Waals surface area contributed by atoms with E-state index in [9.17, 15) is 19.2 Å². The Balaban J connectivity index is 0.00000117. The fourth-order valence-electron chi connectivity index (χ4n) is 6.82. The molecule has 0 spiro atoms. The van der Waals surface area contributed by atoms with E-state index in [0.717, 1.165) is 34.7 Å². The first kappa shape index (κ1) is 36.2. The fraction of sp³-hybridized carbons (Fsp3) is 0.350. The Bertz CT molecular complexity index is 2080. The first-order chi connectivity index (χ1) is 24.3. The largest absolute Gasteiger partial charge is 0.496 e. The number of carbonyl (C=O) groups excluding carboxylic acids is 4. The monoisotopic (exact) mass is 678 g/mol. The maximum atomic E-state index is 13.5. The van der Waals surface area contributed by atoms with Gasteiger partial charge in [0.1, 0.15) is 11.3 Å². The topological polar surface area (TPSA) is 112 Å². The number of likely N-dealkylation sites (N-methyl/N-ethyl adjacent to an activating group) is 1. The third-order valence-electron chi connectivity index (χ3n) is 9.09. The Morgan fingerprint density at radius 3 is 1.96 bits per heavy atom. The summed E-state index contributed by atoms with van der Waals surface area (Å²) in [5, 5.41) is 7.02. The summed E-state index contributed by atoms with van der Waals surface area (Å²) in [5.74, 6) is -0.503. The number of ether oxygens (including phenoxy) is 1. The maximum Gasteiger partial charge on any atom is 0.261 e. The number of imide groups is 2. The molecule has 0 fully saturated rings. The third kappa shape index (κ3) is 6.36. The molecule has 1 N–H and O–H groups in total. The van der Waals surface area contributed by atoms with E-state index < -0.39 is 0 Å². The van der Waals surface area contributed by atoms with E-state index >= 15 is 0 Å². The molecular weight excluding hydrogens is 632 g/mol. The molecule has 0 bridgehead atoms. The highest BCUT2D eigenvalue weighted by molar-refractivity contribution is 6.29. The van der Waals surface area contributed by atoms with Crippen molar-refractivity contribution in [2.45, 2.75) is 41.0 Å². The number of amides is 4. The van der Waals surface area contributed by atoms with Crippen molar-refractivity contribution in [1.82, 2.24) is 20.0 Å². The second kappa shape index (κ2) is 15.7. The molecule has 10 nitrogen and oxygen atoms in total. The predicted molar refractivity (Wildman–Crippen MR) is 197 cm³/mol. The van der Waals surface area contributed by atoms with Gasteiger partial charge in [0.05, 0.1) is 13.4 Å². The van der Waals surface area contributed by atoms with Crippen molar-refractivity contribution in [3.8, 4) is 5.75 Å². The first-order valence-corrected chi connectivity index (χ1v) is 17.4. The smallest absolute Gasteiger partial charge is 0.261 e. The lowest BCUT2D eigenvalue weighted by atomic mass is 9.91. The van der Waals surface area contributed by atoms with Crippen LogP contribution in [0.25, 0.3) is 32.5 Å². The second-order valence-corrected chi connectivity index (χ2v) is 11.9. The number of fused-ring (bicyclic) bond motifs is 2. The SMILES string of the molecule is CC.CC.COc1c(C)cc2c3c(cccc13)C(=O)N(CCNCCCN(C)CCN1C(=O)c3cccc4c3c(cc3ccoc34)C1=O)C2=O. The number of rotatable bonds is 11. The van der Waals surface area contributed by atoms with Gasteiger partial charge in [-0.15, -0.1) is 0 Å². The van der Waals surface area contributed by atoms with Crippen molar-refractivity contribution in [1.29, 1.82) is 0 Å². The molecule has 0 saturated carbocycles. The summed E-state index contributed by atoms with van der Waals surface area (Å²) < 4.78 is 11.2. The molecule has 7 rings (SSSR count). The number of hydrogen-bond donors (Lipinski definition) is 1. The predicted octanol–water partition coefficient (Wildman–Crippen LogP) is 6.91. The number of carbonyl (C=O) groups is 4. The van der Waals surface area contributed by atoms with Crippen molar-refractivity contribution >= 4 is 56.1 Å². The Morgan fingerprint density at radius 1 is 0.720 bits per heavy atom. The minimum atomic E-state index is -0.301. The molecule has 0 radical (unpaired) electrons. The number of nitrogens with one attached hydrogen (secondary N) is 1. The molecule has 0 aliphatic carbocycles. The number of aryl methyl sites for hydroxylation is 1. The zero-order valence-electron chi connectivity index (χ0n) is 30.0. The van der Waals surface area contributed by atoms with Gasteiger partial charge in [0.15, 0.2) is 0 Å². The molecule has 0 atom stereocenters. The Hall–Kier alpha value is -5.06. The van der Waals surface area contributed by atoms with E-state index in [2.05, 4.69) is 10.2 Å². The quantitative estimate of drug-likeness (QED) is 0.119. The van der Waals surface area contributed by atoms with Crippen LogP contribution in [0.1, 0.15) is 81.1 Å². The molecular formula is C40H46N4O6. The highest BCUT2D eigenvalue weighted by Gasteiger charge is 2.35. The number of methoxy groups -OCH3 is 1. The standard InChI is InChI=1S/C36H34N4O6.2C2H6/c1-21-19-27-29-23(31(21)45-3)7-4-9-25(29)33(41)39(35(27)43)15-13-37-12-6-14-38(2)16-17-40-34(42)26-10-5-8-24-30(26)28(36(40)44)20-22-11-18-46-32(22)24;2*1-2/h4-5,7-11,18-20,37H,6,12-17H2,1-3H3;2*1-2H3. The zero-order chi connectivity index (χ0) is 36.1. The average Bonchev–Trinajstić information content (AvgIpc) is 3.63. The van der Waals surface area contributed by atoms with Crippen molar-refractivity contribution in [2.75, 3.05) is 53.4 Å². The molecule has 4 aromatic carbocycles. The minimum absolute atomic E-state index is 0.257. The number of nitrogens with zero attached hydrogens (tertiary/aromatic N) is 3. The summed E-state index contributed by atoms with van der Waals surface area (Å²) in [6, 6.07) is 16.4. The van der Waals surface area contributed by atoms with Gasteiger partial charge in [0.25, 0.3) is 23.6 Å². The van der Waals surface area contributed by atoms with E-state index in [-0.39, 0.29) is 36.7 Å². The zero-order valence-corrected chi connectivity index (χ0v) is 30.0. The number of benzene rings is 4. The number of furan rings is 1. The van der Waals surface area contributed by atoms with Crippen LogP contribution in [-0.2, 0) is 0 Å². The van der Waals surface area contributed by atoms with Gasteiger partial charge in [-0.25, -0.2) is 0 Å². The lowest BCUT2D eigenvalue weighted by Crippen LogP contribution is -2.44. The van der Waals surface area contributed by atoms with Gasteiger partial charge in [0.2, 0.25) is 0 Å². The summed E-state index contributed by atoms with van der Waals surface area (Å²) in [4.78, 5) is 58.2. The fourth-order valence-corrected chi connectivity index (χ4v) is 6.82. The summed E-state index contributed by atoms with van der Waals surface area (Å²) >= 11 is 0. The third-order valence-corrected chi connectivity index (χ3v) is 9.09. The normalized spacial score (nSPS) is 13.6. The lowest BCUT2D eigenvalue weighted by molar-refractivity contribution is 0.0589. The molecule has 262 valence electrons. The molecule has 50 heavy (non-hydrogen) atoms. The van der Waals surface area contributed by atoms with E-state index in [0.29, 0.717) is 64.0 Å². The van der Waals surface area contributed by atoms with E-state index in [1.165, 1.54) is 9.80 Å². The van der Waals surface area contributed by atoms with Crippen LogP contribution in [0.4, 0.5) is 0 Å². The summed E-state index contributed by atoms with van der Waals surface area (Å²) in [5.41, 5.74) is 3.58. The van der Waals surface area contributed by atoms with Gasteiger partial charge in [0, 0.05) is 75.4 Å². The molecule has 1 aromatic heterocycles. The van der Waals surface area contributed by atoms with Crippen LogP contribution >= 0.6 is 0 Å². The van der Waals surface area contributed by atoms with Crippen molar-refractivity contribution < 1.29 is 28.3 Å². The minimum Gasteiger partial charge on any atom is -0.496 e. The summed E-state index contributed by atoms with van der Waals surface area (Å²) in [6.07, 6.45) is 2.40. The van der Waals surface area contributed by atoms with Crippen molar-refractivity contribution in [2.24, 2.45) is 0 Å². The van der Waals surface area contributed by atoms with E-state index in [1.54, 1.807) is 31.6 Å². The van der Waals surface area contributed by atoms with E-state index in [1.807, 2.05) is 78.1 Å². The van der Waals surface area contributed by atoms with Crippen LogP contribution in [0.3, 0.4) is 0 Å². The highest BCUT2D eigenvalue weighted by atomic mass is 16.5. The van der Waals surface area contributed by atoms with Gasteiger partial charge in [-0.3, -0.25) is 29.0 Å². The van der Waals surface area contributed by atoms with Crippen molar-refractivity contribution in [3.63, 3.8) is 0 Å². The van der Waals surface area contributed by atoms with Crippen LogP contribution in [0.2, 0.25) is 0 Å². The summed E-state index contributed by atoms with van der Waals surface area (Å²) in [7, 11) is 3.55. The highest BCUT2D eigenvalue weighted by Crippen LogP contribution is 2.38. The van der Waals surface area contributed by atoms with Gasteiger partial charge >= 0.3 is 0 Å². The Labute approximate surface area is 292 Å². The molecule has 0 saturated heterocycles. The second-order valence-electron chi connectivity index (χ2n) is 11.9. The van der Waals surface area contributed by atoms with Gasteiger partial charge in [-0.1, -0.05) is 52.0 Å². The first-order valence-electron chi connectivity index (χ1n) is 17.4. The lowest BCUT2D eigenvalue weighted by Gasteiger charge is -2.29. The molecule has 2 aliphatic heterocycles.